The molecular formula is C14H17Br2F. The van der Waals surface area contributed by atoms with Gasteiger partial charge in [-0.2, -0.15) is 0 Å². The molecule has 1 unspecified atom stereocenters. The molecule has 0 aliphatic heterocycles. The molecule has 1 atom stereocenters. The van der Waals surface area contributed by atoms with Gasteiger partial charge in [0.2, 0.25) is 0 Å². The lowest BCUT2D eigenvalue weighted by Crippen LogP contribution is -2.16. The molecule has 0 nitrogen and oxygen atoms in total. The summed E-state index contributed by atoms with van der Waals surface area (Å²) in [5, 5.41) is 0.979. The first kappa shape index (κ1) is 13.5. The zero-order chi connectivity index (χ0) is 12.3. The Labute approximate surface area is 119 Å². The average Bonchev–Trinajstić information content (AvgIpc) is 2.81. The standard InChI is InChI=1S/C14H17Br2F/c15-9-12(10-3-1-2-4-10)7-11-5-6-13(16)8-14(11)17/h5-6,8,10,12H,1-4,7,9H2. The van der Waals surface area contributed by atoms with Crippen LogP contribution in [0.15, 0.2) is 22.7 Å². The van der Waals surface area contributed by atoms with Gasteiger partial charge in [0.25, 0.3) is 0 Å². The van der Waals surface area contributed by atoms with Gasteiger partial charge in [-0.1, -0.05) is 63.6 Å². The van der Waals surface area contributed by atoms with Crippen LogP contribution in [0.5, 0.6) is 0 Å². The Bertz CT molecular complexity index is 372. The van der Waals surface area contributed by atoms with Crippen LogP contribution in [-0.2, 0) is 6.42 Å². The van der Waals surface area contributed by atoms with E-state index >= 15 is 0 Å². The van der Waals surface area contributed by atoms with E-state index in [4.69, 9.17) is 0 Å². The van der Waals surface area contributed by atoms with E-state index in [1.165, 1.54) is 25.7 Å². The lowest BCUT2D eigenvalue weighted by molar-refractivity contribution is 0.368. The first-order valence-corrected chi connectivity index (χ1v) is 8.12. The van der Waals surface area contributed by atoms with Crippen molar-refractivity contribution in [3.8, 4) is 0 Å². The molecular weight excluding hydrogens is 347 g/mol. The van der Waals surface area contributed by atoms with Crippen LogP contribution >= 0.6 is 31.9 Å². The van der Waals surface area contributed by atoms with Gasteiger partial charge in [0.15, 0.2) is 0 Å². The molecule has 2 rings (SSSR count). The number of hydrogen-bond acceptors (Lipinski definition) is 0. The van der Waals surface area contributed by atoms with E-state index < -0.39 is 0 Å². The third kappa shape index (κ3) is 3.54. The number of halogens is 3. The second kappa shape index (κ2) is 6.33. The lowest BCUT2D eigenvalue weighted by Gasteiger charge is -2.21. The normalized spacial score (nSPS) is 18.5. The lowest BCUT2D eigenvalue weighted by atomic mass is 9.87. The van der Waals surface area contributed by atoms with E-state index in [2.05, 4.69) is 31.9 Å². The summed E-state index contributed by atoms with van der Waals surface area (Å²) in [4.78, 5) is 0. The molecule has 17 heavy (non-hydrogen) atoms. The molecule has 94 valence electrons. The van der Waals surface area contributed by atoms with Crippen molar-refractivity contribution in [1.82, 2.24) is 0 Å². The van der Waals surface area contributed by atoms with Crippen LogP contribution in [0.1, 0.15) is 31.2 Å². The van der Waals surface area contributed by atoms with Gasteiger partial charge in [0.1, 0.15) is 5.82 Å². The topological polar surface area (TPSA) is 0 Å². The summed E-state index contributed by atoms with van der Waals surface area (Å²) in [6.45, 7) is 0. The van der Waals surface area contributed by atoms with E-state index in [9.17, 15) is 4.39 Å². The van der Waals surface area contributed by atoms with Crippen LogP contribution in [0.25, 0.3) is 0 Å². The van der Waals surface area contributed by atoms with Gasteiger partial charge in [0.05, 0.1) is 0 Å². The molecule has 1 fully saturated rings. The van der Waals surface area contributed by atoms with Crippen molar-refractivity contribution in [1.29, 1.82) is 0 Å². The van der Waals surface area contributed by atoms with Crippen LogP contribution < -0.4 is 0 Å². The molecule has 1 aromatic rings. The van der Waals surface area contributed by atoms with Gasteiger partial charge in [-0.25, -0.2) is 4.39 Å². The minimum absolute atomic E-state index is 0.0803. The summed E-state index contributed by atoms with van der Waals surface area (Å²) in [5.74, 6) is 1.27. The SMILES string of the molecule is Fc1cc(Br)ccc1CC(CBr)C1CCCC1. The monoisotopic (exact) mass is 362 g/mol. The molecule has 0 saturated heterocycles. The molecule has 1 saturated carbocycles. The summed E-state index contributed by atoms with van der Waals surface area (Å²) in [7, 11) is 0. The molecule has 0 heterocycles. The van der Waals surface area contributed by atoms with Crippen molar-refractivity contribution < 1.29 is 4.39 Å². The highest BCUT2D eigenvalue weighted by Gasteiger charge is 2.25. The van der Waals surface area contributed by atoms with Gasteiger partial charge in [0, 0.05) is 9.80 Å². The highest BCUT2D eigenvalue weighted by molar-refractivity contribution is 9.10. The van der Waals surface area contributed by atoms with Crippen LogP contribution in [0, 0.1) is 17.7 Å². The van der Waals surface area contributed by atoms with Gasteiger partial charge >= 0.3 is 0 Å². The predicted octanol–water partition coefficient (Wildman–Crippen LogP) is 5.33. The Morgan fingerprint density at radius 3 is 2.59 bits per heavy atom. The van der Waals surface area contributed by atoms with E-state index in [-0.39, 0.29) is 5.82 Å². The zero-order valence-electron chi connectivity index (χ0n) is 9.76. The first-order valence-electron chi connectivity index (χ1n) is 6.20. The second-order valence-corrected chi connectivity index (χ2v) is 6.46. The third-order valence-corrected chi connectivity index (χ3v) is 5.09. The van der Waals surface area contributed by atoms with Crippen LogP contribution in [0.2, 0.25) is 0 Å². The van der Waals surface area contributed by atoms with Crippen molar-refractivity contribution in [2.24, 2.45) is 11.8 Å². The van der Waals surface area contributed by atoms with Crippen LogP contribution in [0.3, 0.4) is 0 Å². The molecule has 1 aliphatic carbocycles. The maximum Gasteiger partial charge on any atom is 0.127 e. The molecule has 3 heteroatoms. The molecule has 0 N–H and O–H groups in total. The number of rotatable bonds is 4. The molecule has 1 aromatic carbocycles. The summed E-state index contributed by atoms with van der Waals surface area (Å²) in [5.41, 5.74) is 0.851. The van der Waals surface area contributed by atoms with E-state index in [1.54, 1.807) is 6.07 Å². The second-order valence-electron chi connectivity index (χ2n) is 4.90. The Morgan fingerprint density at radius 1 is 1.29 bits per heavy atom. The molecule has 0 radical (unpaired) electrons. The van der Waals surface area contributed by atoms with Crippen LogP contribution in [-0.4, -0.2) is 5.33 Å². The quantitative estimate of drug-likeness (QED) is 0.634. The van der Waals surface area contributed by atoms with E-state index in [0.29, 0.717) is 5.92 Å². The summed E-state index contributed by atoms with van der Waals surface area (Å²) in [6, 6.07) is 5.40. The smallest absolute Gasteiger partial charge is 0.127 e. The van der Waals surface area contributed by atoms with E-state index in [1.807, 2.05) is 12.1 Å². The number of hydrogen-bond donors (Lipinski definition) is 0. The average molecular weight is 364 g/mol. The zero-order valence-corrected chi connectivity index (χ0v) is 12.9. The summed E-state index contributed by atoms with van der Waals surface area (Å²) < 4.78 is 14.6. The molecule has 0 amide bonds. The Morgan fingerprint density at radius 2 is 2.00 bits per heavy atom. The fourth-order valence-corrected chi connectivity index (χ4v) is 3.84. The Balaban J connectivity index is 2.06. The maximum absolute atomic E-state index is 13.8. The fraction of sp³-hybridized carbons (Fsp3) is 0.571. The summed E-state index contributed by atoms with van der Waals surface area (Å²) in [6.07, 6.45) is 6.17. The number of alkyl halides is 1. The largest absolute Gasteiger partial charge is 0.207 e. The van der Waals surface area contributed by atoms with Gasteiger partial charge in [-0.15, -0.1) is 0 Å². The van der Waals surface area contributed by atoms with Gasteiger partial charge < -0.3 is 0 Å². The molecule has 0 spiro atoms. The highest BCUT2D eigenvalue weighted by Crippen LogP contribution is 2.34. The minimum atomic E-state index is -0.0803. The van der Waals surface area contributed by atoms with Crippen molar-refractivity contribution in [2.45, 2.75) is 32.1 Å². The first-order chi connectivity index (χ1) is 8.20. The predicted molar refractivity (Wildman–Crippen MR) is 77.0 cm³/mol. The highest BCUT2D eigenvalue weighted by atomic mass is 79.9. The van der Waals surface area contributed by atoms with Gasteiger partial charge in [-0.3, -0.25) is 0 Å². The van der Waals surface area contributed by atoms with Crippen molar-refractivity contribution in [3.05, 3.63) is 34.1 Å². The van der Waals surface area contributed by atoms with Crippen LogP contribution in [0.4, 0.5) is 4.39 Å². The summed E-state index contributed by atoms with van der Waals surface area (Å²) >= 11 is 6.89. The van der Waals surface area contributed by atoms with E-state index in [0.717, 1.165) is 27.7 Å². The Hall–Kier alpha value is 0.110. The maximum atomic E-state index is 13.8. The minimum Gasteiger partial charge on any atom is -0.207 e. The van der Waals surface area contributed by atoms with Crippen molar-refractivity contribution >= 4 is 31.9 Å². The Kier molecular flexibility index (Phi) is 5.04. The third-order valence-electron chi connectivity index (χ3n) is 3.76. The molecule has 0 bridgehead atoms. The molecule has 1 aliphatic rings. The number of benzene rings is 1. The fourth-order valence-electron chi connectivity index (χ4n) is 2.75. The van der Waals surface area contributed by atoms with Gasteiger partial charge in [-0.05, 0) is 36.0 Å². The molecule has 0 aromatic heterocycles. The van der Waals surface area contributed by atoms with Crippen molar-refractivity contribution in [3.63, 3.8) is 0 Å². The van der Waals surface area contributed by atoms with Crippen molar-refractivity contribution in [2.75, 3.05) is 5.33 Å².